The lowest BCUT2D eigenvalue weighted by Gasteiger charge is -2.24. The van der Waals surface area contributed by atoms with Crippen LogP contribution in [0.1, 0.15) is 31.0 Å². The van der Waals surface area contributed by atoms with E-state index in [2.05, 4.69) is 4.99 Å². The molecule has 1 atom stereocenters. The summed E-state index contributed by atoms with van der Waals surface area (Å²) in [5.41, 5.74) is 1.15. The van der Waals surface area contributed by atoms with E-state index in [-0.39, 0.29) is 11.3 Å². The van der Waals surface area contributed by atoms with Gasteiger partial charge in [-0.15, -0.1) is 0 Å². The first kappa shape index (κ1) is 23.8. The summed E-state index contributed by atoms with van der Waals surface area (Å²) in [6, 6.07) is 11.5. The van der Waals surface area contributed by atoms with Crippen molar-refractivity contribution in [2.45, 2.75) is 19.9 Å². The van der Waals surface area contributed by atoms with Crippen LogP contribution in [0.3, 0.4) is 0 Å². The van der Waals surface area contributed by atoms with Crippen LogP contribution in [0, 0.1) is 10.1 Å². The van der Waals surface area contributed by atoms with E-state index in [4.69, 9.17) is 9.47 Å². The van der Waals surface area contributed by atoms with E-state index in [0.717, 1.165) is 11.3 Å². The number of nitro benzene ring substituents is 1. The van der Waals surface area contributed by atoms with Gasteiger partial charge in [0.1, 0.15) is 5.75 Å². The van der Waals surface area contributed by atoms with Crippen LogP contribution in [0.25, 0.3) is 6.08 Å². The van der Waals surface area contributed by atoms with Crippen LogP contribution >= 0.6 is 11.3 Å². The van der Waals surface area contributed by atoms with Crippen LogP contribution < -0.4 is 19.6 Å². The summed E-state index contributed by atoms with van der Waals surface area (Å²) in [6.07, 6.45) is 1.55. The van der Waals surface area contributed by atoms with Crippen molar-refractivity contribution in [2.75, 3.05) is 7.11 Å². The van der Waals surface area contributed by atoms with Gasteiger partial charge in [-0.25, -0.2) is 9.79 Å². The average Bonchev–Trinajstić information content (AvgIpc) is 3.12. The second kappa shape index (κ2) is 9.47. The number of nitrogens with zero attached hydrogens (tertiary/aromatic N) is 3. The SMILES string of the molecule is COC(=O)C1=C(C)N=c2s/c(=C\c3cccc([N+](=O)[O-])c3)c(=O)n2C1c1ccc(OC(C)=O)cc1. The Labute approximate surface area is 202 Å². The van der Waals surface area contributed by atoms with Crippen molar-refractivity contribution < 1.29 is 24.0 Å². The van der Waals surface area contributed by atoms with Gasteiger partial charge in [0, 0.05) is 19.1 Å². The minimum Gasteiger partial charge on any atom is -0.466 e. The molecule has 4 rings (SSSR count). The van der Waals surface area contributed by atoms with Crippen LogP contribution in [-0.4, -0.2) is 28.5 Å². The van der Waals surface area contributed by atoms with Crippen LogP contribution in [-0.2, 0) is 14.3 Å². The third kappa shape index (κ3) is 4.66. The highest BCUT2D eigenvalue weighted by Gasteiger charge is 2.33. The number of nitro groups is 1. The van der Waals surface area contributed by atoms with E-state index in [1.807, 2.05) is 0 Å². The number of carbonyl (C=O) groups is 2. The van der Waals surface area contributed by atoms with E-state index >= 15 is 0 Å². The molecule has 0 N–H and O–H groups in total. The lowest BCUT2D eigenvalue weighted by atomic mass is 9.96. The van der Waals surface area contributed by atoms with E-state index in [0.29, 0.717) is 31.9 Å². The minimum absolute atomic E-state index is 0.0962. The van der Waals surface area contributed by atoms with Crippen molar-refractivity contribution in [3.63, 3.8) is 0 Å². The largest absolute Gasteiger partial charge is 0.466 e. The predicted octanol–water partition coefficient (Wildman–Crippen LogP) is 2.24. The molecular formula is C24H19N3O7S. The summed E-state index contributed by atoms with van der Waals surface area (Å²) in [6.45, 7) is 2.94. The molecule has 10 nitrogen and oxygen atoms in total. The number of carbonyl (C=O) groups excluding carboxylic acids is 2. The molecule has 2 aromatic carbocycles. The number of ether oxygens (including phenoxy) is 2. The second-order valence-electron chi connectivity index (χ2n) is 7.59. The quantitative estimate of drug-likeness (QED) is 0.231. The Balaban J connectivity index is 1.90. The molecule has 35 heavy (non-hydrogen) atoms. The Hall–Kier alpha value is -4.38. The summed E-state index contributed by atoms with van der Waals surface area (Å²) in [5.74, 6) is -0.786. The number of thiazole rings is 1. The van der Waals surface area contributed by atoms with Gasteiger partial charge < -0.3 is 9.47 Å². The molecule has 1 aliphatic rings. The minimum atomic E-state index is -0.836. The van der Waals surface area contributed by atoms with E-state index < -0.39 is 28.5 Å². The maximum absolute atomic E-state index is 13.5. The number of benzene rings is 2. The van der Waals surface area contributed by atoms with Crippen LogP contribution in [0.5, 0.6) is 5.75 Å². The highest BCUT2D eigenvalue weighted by Crippen LogP contribution is 2.31. The number of fused-ring (bicyclic) bond motifs is 1. The van der Waals surface area contributed by atoms with Crippen molar-refractivity contribution >= 4 is 35.0 Å². The highest BCUT2D eigenvalue weighted by atomic mass is 32.1. The average molecular weight is 493 g/mol. The van der Waals surface area contributed by atoms with Gasteiger partial charge in [0.05, 0.1) is 33.9 Å². The summed E-state index contributed by atoms with van der Waals surface area (Å²) in [7, 11) is 1.25. The molecule has 2 heterocycles. The molecule has 178 valence electrons. The lowest BCUT2D eigenvalue weighted by Crippen LogP contribution is -2.39. The summed E-state index contributed by atoms with van der Waals surface area (Å²) in [4.78, 5) is 52.9. The number of allylic oxidation sites excluding steroid dienone is 1. The van der Waals surface area contributed by atoms with Crippen molar-refractivity contribution in [1.82, 2.24) is 4.57 Å². The zero-order valence-corrected chi connectivity index (χ0v) is 19.7. The summed E-state index contributed by atoms with van der Waals surface area (Å²) < 4.78 is 11.7. The Morgan fingerprint density at radius 1 is 1.20 bits per heavy atom. The topological polar surface area (TPSA) is 130 Å². The van der Waals surface area contributed by atoms with Gasteiger partial charge in [-0.3, -0.25) is 24.3 Å². The fraction of sp³-hybridized carbons (Fsp3) is 0.167. The van der Waals surface area contributed by atoms with Crippen molar-refractivity contribution in [1.29, 1.82) is 0 Å². The van der Waals surface area contributed by atoms with Gasteiger partial charge in [-0.05, 0) is 36.3 Å². The molecule has 0 aliphatic carbocycles. The molecule has 0 spiro atoms. The van der Waals surface area contributed by atoms with Crippen molar-refractivity contribution in [3.8, 4) is 5.75 Å². The first-order valence-corrected chi connectivity index (χ1v) is 11.1. The number of esters is 2. The zero-order chi connectivity index (χ0) is 25.3. The Morgan fingerprint density at radius 3 is 2.54 bits per heavy atom. The van der Waals surface area contributed by atoms with Gasteiger partial charge in [0.15, 0.2) is 4.80 Å². The molecular weight excluding hydrogens is 474 g/mol. The Kier molecular flexibility index (Phi) is 6.43. The predicted molar refractivity (Wildman–Crippen MR) is 127 cm³/mol. The maximum Gasteiger partial charge on any atom is 0.338 e. The highest BCUT2D eigenvalue weighted by molar-refractivity contribution is 7.07. The van der Waals surface area contributed by atoms with Crippen molar-refractivity contribution in [3.05, 3.63) is 101 Å². The standard InChI is InChI=1S/C24H19N3O7S/c1-13-20(23(30)33-3)21(16-7-9-18(10-8-16)34-14(2)28)26-22(29)19(35-24(26)25-13)12-15-5-4-6-17(11-15)27(31)32/h4-12,21H,1-3H3/b19-12-. The lowest BCUT2D eigenvalue weighted by molar-refractivity contribution is -0.384. The zero-order valence-electron chi connectivity index (χ0n) is 18.9. The molecule has 0 amide bonds. The van der Waals surface area contributed by atoms with Crippen molar-refractivity contribution in [2.24, 2.45) is 4.99 Å². The molecule has 0 radical (unpaired) electrons. The number of rotatable bonds is 5. The van der Waals surface area contributed by atoms with Gasteiger partial charge in [0.2, 0.25) is 0 Å². The van der Waals surface area contributed by atoms with Crippen LogP contribution in [0.15, 0.2) is 69.6 Å². The third-order valence-electron chi connectivity index (χ3n) is 5.26. The van der Waals surface area contributed by atoms with Gasteiger partial charge in [-0.2, -0.15) is 0 Å². The second-order valence-corrected chi connectivity index (χ2v) is 8.60. The first-order chi connectivity index (χ1) is 16.7. The van der Waals surface area contributed by atoms with Crippen LogP contribution in [0.2, 0.25) is 0 Å². The number of hydrogen-bond acceptors (Lipinski definition) is 9. The number of methoxy groups -OCH3 is 1. The number of aromatic nitrogens is 1. The molecule has 0 fully saturated rings. The van der Waals surface area contributed by atoms with E-state index in [9.17, 15) is 24.5 Å². The van der Waals surface area contributed by atoms with E-state index in [1.165, 1.54) is 36.8 Å². The van der Waals surface area contributed by atoms with Gasteiger partial charge >= 0.3 is 11.9 Å². The summed E-state index contributed by atoms with van der Waals surface area (Å²) in [5, 5.41) is 11.1. The van der Waals surface area contributed by atoms with Crippen LogP contribution in [0.4, 0.5) is 5.69 Å². The first-order valence-electron chi connectivity index (χ1n) is 10.3. The molecule has 1 aliphatic heterocycles. The van der Waals surface area contributed by atoms with E-state index in [1.54, 1.807) is 43.3 Å². The molecule has 0 saturated carbocycles. The van der Waals surface area contributed by atoms with Gasteiger partial charge in [0.25, 0.3) is 11.2 Å². The molecule has 3 aromatic rings. The fourth-order valence-corrected chi connectivity index (χ4v) is 4.82. The van der Waals surface area contributed by atoms with Gasteiger partial charge in [-0.1, -0.05) is 35.6 Å². The molecule has 1 aromatic heterocycles. The Morgan fingerprint density at radius 2 is 1.91 bits per heavy atom. The third-order valence-corrected chi connectivity index (χ3v) is 6.25. The summed E-state index contributed by atoms with van der Waals surface area (Å²) >= 11 is 1.11. The molecule has 0 bridgehead atoms. The monoisotopic (exact) mass is 493 g/mol. The molecule has 1 unspecified atom stereocenters. The molecule has 11 heteroatoms. The maximum atomic E-state index is 13.5. The smallest absolute Gasteiger partial charge is 0.338 e. The fourth-order valence-electron chi connectivity index (χ4n) is 3.77. The molecule has 0 saturated heterocycles. The number of hydrogen-bond donors (Lipinski definition) is 0. The number of non-ortho nitro benzene ring substituents is 1. The Bertz CT molecular complexity index is 1570. The normalized spacial score (nSPS) is 15.3.